The van der Waals surface area contributed by atoms with Crippen LogP contribution < -0.4 is 4.74 Å². The third-order valence-electron chi connectivity index (χ3n) is 2.86. The van der Waals surface area contributed by atoms with E-state index >= 15 is 0 Å². The average molecular weight is 230 g/mol. The number of aryl methyl sites for hydroxylation is 1. The van der Waals surface area contributed by atoms with Crippen LogP contribution in [0.2, 0.25) is 0 Å². The molecule has 3 heteroatoms. The molecule has 0 aliphatic heterocycles. The number of ether oxygens (including phenoxy) is 1. The molecule has 3 nitrogen and oxygen atoms in total. The Morgan fingerprint density at radius 1 is 1.18 bits per heavy atom. The van der Waals surface area contributed by atoms with Gasteiger partial charge >= 0.3 is 0 Å². The molecule has 0 aliphatic rings. The van der Waals surface area contributed by atoms with E-state index in [1.807, 2.05) is 35.1 Å². The van der Waals surface area contributed by atoms with Crippen LogP contribution in [-0.4, -0.2) is 16.9 Å². The molecule has 1 aromatic heterocycles. The first kappa shape index (κ1) is 11.7. The van der Waals surface area contributed by atoms with Crippen molar-refractivity contribution in [3.05, 3.63) is 41.7 Å². The molecule has 1 heterocycles. The normalized spacial score (nSPS) is 10.9. The number of hydrogen-bond donors (Lipinski definition) is 0. The summed E-state index contributed by atoms with van der Waals surface area (Å²) in [6, 6.07) is 7.96. The number of hydrogen-bond acceptors (Lipinski definition) is 2. The first-order chi connectivity index (χ1) is 8.13. The van der Waals surface area contributed by atoms with Crippen molar-refractivity contribution in [1.82, 2.24) is 9.78 Å². The van der Waals surface area contributed by atoms with E-state index in [1.165, 1.54) is 11.3 Å². The Morgan fingerprint density at radius 3 is 2.35 bits per heavy atom. The van der Waals surface area contributed by atoms with Crippen LogP contribution in [0.15, 0.2) is 30.5 Å². The molecule has 0 unspecified atom stereocenters. The second-order valence-corrected chi connectivity index (χ2v) is 4.48. The molecule has 17 heavy (non-hydrogen) atoms. The van der Waals surface area contributed by atoms with Gasteiger partial charge in [0.25, 0.3) is 0 Å². The van der Waals surface area contributed by atoms with E-state index in [-0.39, 0.29) is 0 Å². The van der Waals surface area contributed by atoms with Crippen LogP contribution in [0.4, 0.5) is 0 Å². The van der Waals surface area contributed by atoms with Gasteiger partial charge in [0.05, 0.1) is 19.0 Å². The highest BCUT2D eigenvalue weighted by Crippen LogP contribution is 2.23. The summed E-state index contributed by atoms with van der Waals surface area (Å²) >= 11 is 0. The number of benzene rings is 1. The van der Waals surface area contributed by atoms with Crippen LogP contribution in [0, 0.1) is 6.92 Å². The largest absolute Gasteiger partial charge is 0.497 e. The predicted octanol–water partition coefficient (Wildman–Crippen LogP) is 3.31. The van der Waals surface area contributed by atoms with E-state index < -0.39 is 0 Å². The fraction of sp³-hybridized carbons (Fsp3) is 0.357. The van der Waals surface area contributed by atoms with E-state index in [0.29, 0.717) is 5.92 Å². The quantitative estimate of drug-likeness (QED) is 0.808. The van der Waals surface area contributed by atoms with Crippen LogP contribution in [0.25, 0.3) is 5.69 Å². The van der Waals surface area contributed by atoms with Crippen LogP contribution in [-0.2, 0) is 0 Å². The summed E-state index contributed by atoms with van der Waals surface area (Å²) in [4.78, 5) is 0. The van der Waals surface area contributed by atoms with Gasteiger partial charge < -0.3 is 4.74 Å². The van der Waals surface area contributed by atoms with Crippen LogP contribution >= 0.6 is 0 Å². The van der Waals surface area contributed by atoms with Gasteiger partial charge in [-0.3, -0.25) is 0 Å². The van der Waals surface area contributed by atoms with E-state index in [0.717, 1.165) is 11.4 Å². The molecule has 0 N–H and O–H groups in total. The molecule has 0 amide bonds. The lowest BCUT2D eigenvalue weighted by Gasteiger charge is -2.11. The van der Waals surface area contributed by atoms with Gasteiger partial charge in [0, 0.05) is 5.69 Å². The molecule has 2 rings (SSSR count). The van der Waals surface area contributed by atoms with Crippen molar-refractivity contribution >= 4 is 0 Å². The first-order valence-electron chi connectivity index (χ1n) is 5.82. The first-order valence-corrected chi connectivity index (χ1v) is 5.82. The van der Waals surface area contributed by atoms with Crippen molar-refractivity contribution in [2.75, 3.05) is 7.11 Å². The third kappa shape index (κ3) is 2.18. The molecular formula is C14H18N2O. The number of methoxy groups -OCH3 is 1. The minimum atomic E-state index is 0.458. The summed E-state index contributed by atoms with van der Waals surface area (Å²) in [5.74, 6) is 1.32. The lowest BCUT2D eigenvalue weighted by Crippen LogP contribution is -2.04. The maximum atomic E-state index is 5.16. The fourth-order valence-corrected chi connectivity index (χ4v) is 2.07. The average Bonchev–Trinajstić information content (AvgIpc) is 2.71. The predicted molar refractivity (Wildman–Crippen MR) is 68.9 cm³/mol. The lowest BCUT2D eigenvalue weighted by molar-refractivity contribution is 0.414. The molecule has 0 spiro atoms. The molecule has 0 bridgehead atoms. The highest BCUT2D eigenvalue weighted by atomic mass is 16.5. The van der Waals surface area contributed by atoms with Crippen molar-refractivity contribution in [3.63, 3.8) is 0 Å². The van der Waals surface area contributed by atoms with E-state index in [9.17, 15) is 0 Å². The van der Waals surface area contributed by atoms with Gasteiger partial charge in [-0.15, -0.1) is 0 Å². The van der Waals surface area contributed by atoms with Crippen molar-refractivity contribution in [3.8, 4) is 11.4 Å². The molecule has 0 aliphatic carbocycles. The van der Waals surface area contributed by atoms with Gasteiger partial charge in [0.1, 0.15) is 5.75 Å². The number of aromatic nitrogens is 2. The Labute approximate surface area is 102 Å². The van der Waals surface area contributed by atoms with E-state index in [2.05, 4.69) is 25.9 Å². The summed E-state index contributed by atoms with van der Waals surface area (Å²) in [6.07, 6.45) is 1.92. The molecule has 0 saturated carbocycles. The van der Waals surface area contributed by atoms with Gasteiger partial charge in [-0.2, -0.15) is 5.10 Å². The van der Waals surface area contributed by atoms with Gasteiger partial charge in [0.2, 0.25) is 0 Å². The van der Waals surface area contributed by atoms with E-state index in [4.69, 9.17) is 4.74 Å². The maximum Gasteiger partial charge on any atom is 0.119 e. The Kier molecular flexibility index (Phi) is 3.18. The second kappa shape index (κ2) is 4.62. The maximum absolute atomic E-state index is 5.16. The minimum absolute atomic E-state index is 0.458. The molecule has 0 fully saturated rings. The Hall–Kier alpha value is -1.77. The summed E-state index contributed by atoms with van der Waals surface area (Å²) in [6.45, 7) is 6.47. The molecule has 90 valence electrons. The lowest BCUT2D eigenvalue weighted by atomic mass is 10.1. The minimum Gasteiger partial charge on any atom is -0.497 e. The van der Waals surface area contributed by atoms with Gasteiger partial charge in [0.15, 0.2) is 0 Å². The highest BCUT2D eigenvalue weighted by Gasteiger charge is 2.12. The third-order valence-corrected chi connectivity index (χ3v) is 2.86. The van der Waals surface area contributed by atoms with E-state index in [1.54, 1.807) is 7.11 Å². The molecule has 0 atom stereocenters. The molecule has 0 radical (unpaired) electrons. The van der Waals surface area contributed by atoms with Gasteiger partial charge in [-0.1, -0.05) is 13.8 Å². The zero-order valence-electron chi connectivity index (χ0n) is 10.8. The Bertz CT molecular complexity index is 497. The monoisotopic (exact) mass is 230 g/mol. The molecule has 0 saturated heterocycles. The number of nitrogens with zero attached hydrogens (tertiary/aromatic N) is 2. The smallest absolute Gasteiger partial charge is 0.119 e. The molecular weight excluding hydrogens is 212 g/mol. The molecule has 1 aromatic carbocycles. The van der Waals surface area contributed by atoms with Crippen LogP contribution in [0.5, 0.6) is 5.75 Å². The second-order valence-electron chi connectivity index (χ2n) is 4.48. The Balaban J connectivity index is 2.45. The zero-order chi connectivity index (χ0) is 12.4. The SMILES string of the molecule is COc1ccc(-n2ncc(C)c2C(C)C)cc1. The standard InChI is InChI=1S/C14H18N2O/c1-10(2)14-11(3)9-15-16(14)12-5-7-13(17-4)8-6-12/h5-10H,1-4H3. The van der Waals surface area contributed by atoms with Gasteiger partial charge in [-0.05, 0) is 42.7 Å². The van der Waals surface area contributed by atoms with Crippen molar-refractivity contribution in [2.45, 2.75) is 26.7 Å². The topological polar surface area (TPSA) is 27.1 Å². The van der Waals surface area contributed by atoms with Crippen LogP contribution in [0.3, 0.4) is 0 Å². The summed E-state index contributed by atoms with van der Waals surface area (Å²) in [7, 11) is 1.67. The van der Waals surface area contributed by atoms with Crippen molar-refractivity contribution in [2.24, 2.45) is 0 Å². The zero-order valence-corrected chi connectivity index (χ0v) is 10.8. The summed E-state index contributed by atoms with van der Waals surface area (Å²) in [5.41, 5.74) is 3.56. The van der Waals surface area contributed by atoms with Crippen LogP contribution in [0.1, 0.15) is 31.0 Å². The number of rotatable bonds is 3. The Morgan fingerprint density at radius 2 is 1.82 bits per heavy atom. The summed E-state index contributed by atoms with van der Waals surface area (Å²) in [5, 5.41) is 4.44. The van der Waals surface area contributed by atoms with Crippen molar-refractivity contribution < 1.29 is 4.74 Å². The fourth-order valence-electron chi connectivity index (χ4n) is 2.07. The highest BCUT2D eigenvalue weighted by molar-refractivity contribution is 5.39. The van der Waals surface area contributed by atoms with Gasteiger partial charge in [-0.25, -0.2) is 4.68 Å². The molecule has 2 aromatic rings. The van der Waals surface area contributed by atoms with Crippen molar-refractivity contribution in [1.29, 1.82) is 0 Å². The summed E-state index contributed by atoms with van der Waals surface area (Å²) < 4.78 is 7.16.